The van der Waals surface area contributed by atoms with E-state index >= 15 is 0 Å². The van der Waals surface area contributed by atoms with Crippen molar-refractivity contribution in [2.45, 2.75) is 19.3 Å². The molecule has 100 valence electrons. The molecule has 2 aromatic carbocycles. The van der Waals surface area contributed by atoms with Crippen molar-refractivity contribution < 1.29 is 4.74 Å². The lowest BCUT2D eigenvalue weighted by molar-refractivity contribution is 0.306. The van der Waals surface area contributed by atoms with Crippen LogP contribution in [0, 0.1) is 5.41 Å². The summed E-state index contributed by atoms with van der Waals surface area (Å²) in [6, 6.07) is 12.2. The van der Waals surface area contributed by atoms with Crippen molar-refractivity contribution in [3.63, 3.8) is 0 Å². The Labute approximate surface area is 121 Å². The van der Waals surface area contributed by atoms with Gasteiger partial charge >= 0.3 is 0 Å². The first-order valence-electron chi connectivity index (χ1n) is 6.31. The number of hydrogen-bond donors (Lipinski definition) is 2. The van der Waals surface area contributed by atoms with Gasteiger partial charge in [0.2, 0.25) is 0 Å². The number of unbranched alkanes of at least 4 members (excludes halogenated alkanes) is 1. The normalized spacial score (nSPS) is 10.6. The third-order valence-electron chi connectivity index (χ3n) is 2.93. The molecule has 0 aliphatic rings. The molecule has 0 fully saturated rings. The minimum atomic E-state index is 0.242. The summed E-state index contributed by atoms with van der Waals surface area (Å²) in [5.41, 5.74) is 5.31. The zero-order valence-corrected chi connectivity index (χ0v) is 12.2. The summed E-state index contributed by atoms with van der Waals surface area (Å²) in [6.45, 7) is 0.643. The number of benzene rings is 2. The Hall–Kier alpha value is -1.55. The summed E-state index contributed by atoms with van der Waals surface area (Å²) in [6.07, 6.45) is 2.43. The molecule has 0 atom stereocenters. The number of nitrogens with two attached hydrogens (primary N) is 1. The van der Waals surface area contributed by atoms with Crippen LogP contribution in [0.25, 0.3) is 10.8 Å². The Morgan fingerprint density at radius 1 is 1.16 bits per heavy atom. The van der Waals surface area contributed by atoms with Crippen molar-refractivity contribution in [1.82, 2.24) is 0 Å². The molecule has 4 heteroatoms. The van der Waals surface area contributed by atoms with Crippen LogP contribution in [0.5, 0.6) is 5.75 Å². The molecule has 19 heavy (non-hydrogen) atoms. The van der Waals surface area contributed by atoms with Gasteiger partial charge in [-0.05, 0) is 45.6 Å². The van der Waals surface area contributed by atoms with E-state index < -0.39 is 0 Å². The molecule has 0 saturated heterocycles. The molecule has 0 radical (unpaired) electrons. The Bertz CT molecular complexity index is 583. The molecular formula is C15H17BrN2O. The van der Waals surface area contributed by atoms with Crippen LogP contribution in [0.3, 0.4) is 0 Å². The molecule has 0 aliphatic carbocycles. The monoisotopic (exact) mass is 320 g/mol. The summed E-state index contributed by atoms with van der Waals surface area (Å²) < 4.78 is 6.77. The average molecular weight is 321 g/mol. The molecule has 0 aromatic heterocycles. The Morgan fingerprint density at radius 3 is 2.74 bits per heavy atom. The van der Waals surface area contributed by atoms with Gasteiger partial charge in [-0.25, -0.2) is 0 Å². The van der Waals surface area contributed by atoms with E-state index in [1.807, 2.05) is 18.2 Å². The lowest BCUT2D eigenvalue weighted by Gasteiger charge is -2.10. The van der Waals surface area contributed by atoms with E-state index in [1.165, 1.54) is 5.39 Å². The smallest absolute Gasteiger partial charge is 0.134 e. The number of fused-ring (bicyclic) bond motifs is 1. The summed E-state index contributed by atoms with van der Waals surface area (Å²) in [5.74, 6) is 1.11. The number of hydrogen-bond acceptors (Lipinski definition) is 2. The molecule has 0 spiro atoms. The Balaban J connectivity index is 1.97. The van der Waals surface area contributed by atoms with Gasteiger partial charge in [-0.2, -0.15) is 0 Å². The molecule has 3 N–H and O–H groups in total. The van der Waals surface area contributed by atoms with Crippen LogP contribution in [0.15, 0.2) is 40.9 Å². The number of amidine groups is 1. The van der Waals surface area contributed by atoms with Gasteiger partial charge in [0.25, 0.3) is 0 Å². The number of halogens is 1. The summed E-state index contributed by atoms with van der Waals surface area (Å²) in [5, 5.41) is 9.50. The average Bonchev–Trinajstić information content (AvgIpc) is 2.41. The molecule has 2 rings (SSSR count). The second-order valence-corrected chi connectivity index (χ2v) is 5.22. The van der Waals surface area contributed by atoms with Gasteiger partial charge < -0.3 is 10.5 Å². The van der Waals surface area contributed by atoms with E-state index in [-0.39, 0.29) is 5.84 Å². The minimum absolute atomic E-state index is 0.242. The van der Waals surface area contributed by atoms with Crippen molar-refractivity contribution in [2.75, 3.05) is 6.61 Å². The van der Waals surface area contributed by atoms with Gasteiger partial charge in [0, 0.05) is 6.42 Å². The molecule has 0 bridgehead atoms. The minimum Gasteiger partial charge on any atom is -0.492 e. The molecule has 2 aromatic rings. The fraction of sp³-hybridized carbons (Fsp3) is 0.267. The molecule has 0 heterocycles. The van der Waals surface area contributed by atoms with E-state index in [9.17, 15) is 0 Å². The van der Waals surface area contributed by atoms with E-state index in [1.54, 1.807) is 0 Å². The number of rotatable bonds is 6. The fourth-order valence-electron chi connectivity index (χ4n) is 1.92. The molecule has 0 aliphatic heterocycles. The van der Waals surface area contributed by atoms with Gasteiger partial charge in [0.05, 0.1) is 16.9 Å². The molecule has 0 amide bonds. The largest absolute Gasteiger partial charge is 0.492 e. The van der Waals surface area contributed by atoms with Crippen LogP contribution in [-0.4, -0.2) is 12.4 Å². The Morgan fingerprint density at radius 2 is 1.95 bits per heavy atom. The quantitative estimate of drug-likeness (QED) is 0.478. The third-order valence-corrected chi connectivity index (χ3v) is 3.74. The number of ether oxygens (including phenoxy) is 1. The molecule has 3 nitrogen and oxygen atoms in total. The zero-order valence-electron chi connectivity index (χ0n) is 10.7. The zero-order chi connectivity index (χ0) is 13.7. The highest BCUT2D eigenvalue weighted by Crippen LogP contribution is 2.33. The van der Waals surface area contributed by atoms with Crippen LogP contribution in [0.4, 0.5) is 0 Å². The lowest BCUT2D eigenvalue weighted by Crippen LogP contribution is -2.09. The standard InChI is InChI=1S/C15H17BrN2O/c16-15-12-6-2-1-5-11(12)8-9-13(15)19-10-4-3-7-14(17)18/h1-2,5-6,8-9H,3-4,7,10H2,(H3,17,18). The maximum Gasteiger partial charge on any atom is 0.134 e. The van der Waals surface area contributed by atoms with Crippen LogP contribution in [0.2, 0.25) is 0 Å². The van der Waals surface area contributed by atoms with E-state index in [0.717, 1.165) is 28.5 Å². The number of nitrogens with one attached hydrogen (secondary N) is 1. The van der Waals surface area contributed by atoms with Gasteiger partial charge in [-0.15, -0.1) is 0 Å². The maximum atomic E-state index is 7.15. The first kappa shape index (κ1) is 13.9. The highest BCUT2D eigenvalue weighted by atomic mass is 79.9. The van der Waals surface area contributed by atoms with Crippen molar-refractivity contribution in [3.05, 3.63) is 40.9 Å². The predicted octanol–water partition coefficient (Wildman–Crippen LogP) is 4.09. The first-order valence-corrected chi connectivity index (χ1v) is 7.11. The van der Waals surface area contributed by atoms with Crippen LogP contribution in [-0.2, 0) is 0 Å². The van der Waals surface area contributed by atoms with E-state index in [4.69, 9.17) is 15.9 Å². The lowest BCUT2D eigenvalue weighted by atomic mass is 10.1. The maximum absolute atomic E-state index is 7.15. The van der Waals surface area contributed by atoms with Gasteiger partial charge in [0.15, 0.2) is 0 Å². The van der Waals surface area contributed by atoms with Crippen LogP contribution >= 0.6 is 15.9 Å². The molecule has 0 saturated carbocycles. The SMILES string of the molecule is N=C(N)CCCCOc1ccc2ccccc2c1Br. The third kappa shape index (κ3) is 3.70. The second-order valence-electron chi connectivity index (χ2n) is 4.43. The van der Waals surface area contributed by atoms with Gasteiger partial charge in [-0.3, -0.25) is 5.41 Å². The second kappa shape index (κ2) is 6.57. The topological polar surface area (TPSA) is 59.1 Å². The molecular weight excluding hydrogens is 304 g/mol. The van der Waals surface area contributed by atoms with E-state index in [0.29, 0.717) is 13.0 Å². The van der Waals surface area contributed by atoms with Crippen LogP contribution < -0.4 is 10.5 Å². The summed E-state index contributed by atoms with van der Waals surface area (Å²) in [7, 11) is 0. The van der Waals surface area contributed by atoms with Gasteiger partial charge in [-0.1, -0.05) is 30.3 Å². The van der Waals surface area contributed by atoms with Crippen LogP contribution in [0.1, 0.15) is 19.3 Å². The van der Waals surface area contributed by atoms with Crippen molar-refractivity contribution >= 4 is 32.5 Å². The van der Waals surface area contributed by atoms with E-state index in [2.05, 4.69) is 34.1 Å². The van der Waals surface area contributed by atoms with Crippen molar-refractivity contribution in [1.29, 1.82) is 5.41 Å². The van der Waals surface area contributed by atoms with Crippen molar-refractivity contribution in [3.8, 4) is 5.75 Å². The first-order chi connectivity index (χ1) is 9.18. The predicted molar refractivity (Wildman–Crippen MR) is 82.9 cm³/mol. The highest BCUT2D eigenvalue weighted by Gasteiger charge is 2.05. The van der Waals surface area contributed by atoms with Crippen molar-refractivity contribution in [2.24, 2.45) is 5.73 Å². The summed E-state index contributed by atoms with van der Waals surface area (Å²) >= 11 is 3.60. The fourth-order valence-corrected chi connectivity index (χ4v) is 2.53. The summed E-state index contributed by atoms with van der Waals surface area (Å²) in [4.78, 5) is 0. The Kier molecular flexibility index (Phi) is 4.80. The molecule has 0 unspecified atom stereocenters. The van der Waals surface area contributed by atoms with Gasteiger partial charge in [0.1, 0.15) is 5.75 Å². The highest BCUT2D eigenvalue weighted by molar-refractivity contribution is 9.10.